The highest BCUT2D eigenvalue weighted by molar-refractivity contribution is 7.89. The van der Waals surface area contributed by atoms with Crippen molar-refractivity contribution in [3.05, 3.63) is 23.8 Å². The van der Waals surface area contributed by atoms with Crippen LogP contribution in [0.3, 0.4) is 0 Å². The minimum absolute atomic E-state index is 0.0514. The molecular formula is C20H32N2O4S. The van der Waals surface area contributed by atoms with Gasteiger partial charge >= 0.3 is 0 Å². The van der Waals surface area contributed by atoms with Gasteiger partial charge in [0, 0.05) is 31.2 Å². The first-order valence-corrected chi connectivity index (χ1v) is 11.3. The molecule has 0 radical (unpaired) electrons. The molecule has 7 heteroatoms. The molecular weight excluding hydrogens is 364 g/mol. The van der Waals surface area contributed by atoms with Crippen LogP contribution in [-0.4, -0.2) is 56.3 Å². The summed E-state index contributed by atoms with van der Waals surface area (Å²) in [4.78, 5) is 14.7. The average Bonchev–Trinajstić information content (AvgIpc) is 2.68. The fraction of sp³-hybridized carbons (Fsp3) is 0.650. The van der Waals surface area contributed by atoms with Gasteiger partial charge in [0.05, 0.1) is 7.11 Å². The fourth-order valence-electron chi connectivity index (χ4n) is 3.50. The van der Waals surface area contributed by atoms with Crippen LogP contribution in [0.15, 0.2) is 23.1 Å². The van der Waals surface area contributed by atoms with Gasteiger partial charge in [0.15, 0.2) is 0 Å². The lowest BCUT2D eigenvalue weighted by molar-refractivity contribution is 0.0762. The van der Waals surface area contributed by atoms with Crippen molar-refractivity contribution in [1.29, 1.82) is 0 Å². The van der Waals surface area contributed by atoms with Crippen LogP contribution >= 0.6 is 0 Å². The molecule has 0 N–H and O–H groups in total. The highest BCUT2D eigenvalue weighted by Crippen LogP contribution is 2.32. The topological polar surface area (TPSA) is 66.9 Å². The van der Waals surface area contributed by atoms with E-state index in [0.29, 0.717) is 25.2 Å². The number of rotatable bonds is 8. The van der Waals surface area contributed by atoms with Crippen LogP contribution in [-0.2, 0) is 10.0 Å². The molecule has 0 aliphatic carbocycles. The van der Waals surface area contributed by atoms with E-state index in [1.54, 1.807) is 17.0 Å². The molecule has 6 nitrogen and oxygen atoms in total. The number of hydrogen-bond donors (Lipinski definition) is 0. The van der Waals surface area contributed by atoms with Crippen LogP contribution in [0.1, 0.15) is 63.2 Å². The summed E-state index contributed by atoms with van der Waals surface area (Å²) >= 11 is 0. The molecule has 2 rings (SSSR count). The number of carbonyl (C=O) groups excluding carboxylic acids is 1. The lowest BCUT2D eigenvalue weighted by Gasteiger charge is -2.32. The molecule has 1 fully saturated rings. The Labute approximate surface area is 163 Å². The molecule has 152 valence electrons. The molecule has 1 aromatic rings. The smallest absolute Gasteiger partial charge is 0.253 e. The van der Waals surface area contributed by atoms with Crippen molar-refractivity contribution in [3.63, 3.8) is 0 Å². The van der Waals surface area contributed by atoms with E-state index in [4.69, 9.17) is 4.74 Å². The van der Waals surface area contributed by atoms with Gasteiger partial charge in [-0.3, -0.25) is 4.79 Å². The van der Waals surface area contributed by atoms with Crippen molar-refractivity contribution in [2.45, 2.75) is 63.8 Å². The van der Waals surface area contributed by atoms with E-state index < -0.39 is 10.0 Å². The third-order valence-corrected chi connectivity index (χ3v) is 7.22. The summed E-state index contributed by atoms with van der Waals surface area (Å²) < 4.78 is 33.4. The van der Waals surface area contributed by atoms with Crippen LogP contribution in [0.4, 0.5) is 0 Å². The first-order valence-electron chi connectivity index (χ1n) is 9.85. The number of hydrogen-bond acceptors (Lipinski definition) is 4. The molecule has 1 saturated heterocycles. The average molecular weight is 397 g/mol. The van der Waals surface area contributed by atoms with Gasteiger partial charge in [-0.15, -0.1) is 0 Å². The molecule has 0 spiro atoms. The summed E-state index contributed by atoms with van der Waals surface area (Å²) in [6.07, 6.45) is 4.66. The van der Waals surface area contributed by atoms with Crippen molar-refractivity contribution in [2.75, 3.05) is 26.7 Å². The van der Waals surface area contributed by atoms with Gasteiger partial charge in [0.1, 0.15) is 10.6 Å². The predicted octanol–water partition coefficient (Wildman–Crippen LogP) is 3.52. The number of ether oxygens (including phenoxy) is 1. The Bertz CT molecular complexity index is 748. The van der Waals surface area contributed by atoms with Crippen LogP contribution in [0.2, 0.25) is 0 Å². The lowest BCUT2D eigenvalue weighted by atomic mass is 10.1. The summed E-state index contributed by atoms with van der Waals surface area (Å²) in [6.45, 7) is 7.71. The minimum atomic E-state index is -3.72. The van der Waals surface area contributed by atoms with E-state index >= 15 is 0 Å². The first kappa shape index (κ1) is 21.7. The molecule has 1 atom stereocenters. The van der Waals surface area contributed by atoms with Gasteiger partial charge < -0.3 is 9.64 Å². The maximum absolute atomic E-state index is 13.3. The summed E-state index contributed by atoms with van der Waals surface area (Å²) in [7, 11) is -2.27. The number of sulfonamides is 1. The minimum Gasteiger partial charge on any atom is -0.495 e. The molecule has 1 unspecified atom stereocenters. The highest BCUT2D eigenvalue weighted by Gasteiger charge is 2.33. The van der Waals surface area contributed by atoms with E-state index in [2.05, 4.69) is 6.92 Å². The Hall–Kier alpha value is -1.60. The Morgan fingerprint density at radius 2 is 2.04 bits per heavy atom. The lowest BCUT2D eigenvalue weighted by Crippen LogP contribution is -2.42. The highest BCUT2D eigenvalue weighted by atomic mass is 32.2. The molecule has 1 aromatic carbocycles. The Morgan fingerprint density at radius 3 is 2.63 bits per heavy atom. The second kappa shape index (κ2) is 9.55. The molecule has 27 heavy (non-hydrogen) atoms. The number of piperidine rings is 1. The van der Waals surface area contributed by atoms with Gasteiger partial charge in [0.2, 0.25) is 10.0 Å². The number of amides is 1. The number of unbranched alkanes of at least 4 members (excludes halogenated alkanes) is 1. The van der Waals surface area contributed by atoms with Crippen LogP contribution in [0.5, 0.6) is 5.75 Å². The van der Waals surface area contributed by atoms with Crippen molar-refractivity contribution in [1.82, 2.24) is 9.21 Å². The zero-order chi connectivity index (χ0) is 20.0. The summed E-state index contributed by atoms with van der Waals surface area (Å²) in [5.74, 6) is 0.137. The Balaban J connectivity index is 2.41. The predicted molar refractivity (Wildman–Crippen MR) is 107 cm³/mol. The molecule has 1 aliphatic rings. The van der Waals surface area contributed by atoms with Gasteiger partial charge in [-0.25, -0.2) is 8.42 Å². The van der Waals surface area contributed by atoms with Crippen molar-refractivity contribution in [3.8, 4) is 5.75 Å². The normalized spacial score (nSPS) is 18.3. The third-order valence-electron chi connectivity index (χ3n) is 5.19. The van der Waals surface area contributed by atoms with Gasteiger partial charge in [-0.1, -0.05) is 19.8 Å². The summed E-state index contributed by atoms with van der Waals surface area (Å²) in [5.41, 5.74) is 0.386. The first-order chi connectivity index (χ1) is 12.9. The van der Waals surface area contributed by atoms with Crippen LogP contribution in [0.25, 0.3) is 0 Å². The Kier molecular flexibility index (Phi) is 7.68. The van der Waals surface area contributed by atoms with Gasteiger partial charge in [-0.05, 0) is 51.3 Å². The molecule has 0 bridgehead atoms. The maximum Gasteiger partial charge on any atom is 0.253 e. The second-order valence-electron chi connectivity index (χ2n) is 7.06. The van der Waals surface area contributed by atoms with Crippen LogP contribution in [0, 0.1) is 0 Å². The van der Waals surface area contributed by atoms with Crippen molar-refractivity contribution < 1.29 is 17.9 Å². The molecule has 1 aliphatic heterocycles. The van der Waals surface area contributed by atoms with E-state index in [-0.39, 0.29) is 22.6 Å². The molecule has 1 heterocycles. The quantitative estimate of drug-likeness (QED) is 0.674. The number of benzene rings is 1. The molecule has 0 aromatic heterocycles. The second-order valence-corrected chi connectivity index (χ2v) is 8.92. The number of methoxy groups -OCH3 is 1. The summed E-state index contributed by atoms with van der Waals surface area (Å²) in [5, 5.41) is 0. The van der Waals surface area contributed by atoms with Crippen molar-refractivity contribution >= 4 is 15.9 Å². The SMILES string of the molecule is CCCCN(CC)C(=O)c1ccc(OC)c(S(=O)(=O)N2CCCCC2C)c1. The standard InChI is InChI=1S/C20H32N2O4S/c1-5-7-13-21(6-2)20(23)17-11-12-18(26-4)19(15-17)27(24,25)22-14-9-8-10-16(22)3/h11-12,15-16H,5-10,13-14H2,1-4H3. The van der Waals surface area contributed by atoms with Gasteiger partial charge in [0.25, 0.3) is 5.91 Å². The van der Waals surface area contributed by atoms with Gasteiger partial charge in [-0.2, -0.15) is 4.31 Å². The third kappa shape index (κ3) is 4.82. The number of nitrogens with zero attached hydrogens (tertiary/aromatic N) is 2. The summed E-state index contributed by atoms with van der Waals surface area (Å²) in [6, 6.07) is 4.66. The van der Waals surface area contributed by atoms with Crippen LogP contribution < -0.4 is 4.74 Å². The Morgan fingerprint density at radius 1 is 1.30 bits per heavy atom. The van der Waals surface area contributed by atoms with E-state index in [9.17, 15) is 13.2 Å². The van der Waals surface area contributed by atoms with E-state index in [1.165, 1.54) is 17.5 Å². The van der Waals surface area contributed by atoms with E-state index in [0.717, 1.165) is 32.1 Å². The van der Waals surface area contributed by atoms with E-state index in [1.807, 2.05) is 13.8 Å². The maximum atomic E-state index is 13.3. The zero-order valence-electron chi connectivity index (χ0n) is 16.9. The molecule has 1 amide bonds. The fourth-order valence-corrected chi connectivity index (χ4v) is 5.38. The molecule has 0 saturated carbocycles. The zero-order valence-corrected chi connectivity index (χ0v) is 17.7. The number of carbonyl (C=O) groups is 1. The van der Waals surface area contributed by atoms with Crippen molar-refractivity contribution in [2.24, 2.45) is 0 Å². The largest absolute Gasteiger partial charge is 0.495 e. The monoisotopic (exact) mass is 396 g/mol.